The summed E-state index contributed by atoms with van der Waals surface area (Å²) < 4.78 is 6.63. The lowest BCUT2D eigenvalue weighted by atomic mass is 9.70. The predicted molar refractivity (Wildman–Crippen MR) is 118 cm³/mol. The summed E-state index contributed by atoms with van der Waals surface area (Å²) in [5.74, 6) is -2.09. The topological polar surface area (TPSA) is 113 Å². The summed E-state index contributed by atoms with van der Waals surface area (Å²) in [7, 11) is 0. The Hall–Kier alpha value is -3.35. The van der Waals surface area contributed by atoms with E-state index in [1.165, 1.54) is 12.1 Å². The summed E-state index contributed by atoms with van der Waals surface area (Å²) in [6.07, 6.45) is -1.51. The smallest absolute Gasteiger partial charge is 0.224 e. The van der Waals surface area contributed by atoms with Gasteiger partial charge in [-0.25, -0.2) is 0 Å². The molecule has 1 aliphatic heterocycles. The van der Waals surface area contributed by atoms with Gasteiger partial charge in [0.15, 0.2) is 11.2 Å². The number of aliphatic hydroxyl groups excluding tert-OH is 1. The van der Waals surface area contributed by atoms with Crippen molar-refractivity contribution in [1.82, 2.24) is 0 Å². The number of phenolic OH excluding ortho intramolecular Hbond substituents is 1. The van der Waals surface area contributed by atoms with Crippen LogP contribution in [0.5, 0.6) is 11.5 Å². The van der Waals surface area contributed by atoms with Gasteiger partial charge in [-0.1, -0.05) is 48.5 Å². The van der Waals surface area contributed by atoms with Crippen LogP contribution in [-0.2, 0) is 16.0 Å². The van der Waals surface area contributed by atoms with Crippen LogP contribution in [0.2, 0.25) is 0 Å². The molecule has 6 nitrogen and oxygen atoms in total. The first-order valence-corrected chi connectivity index (χ1v) is 10.6. The maximum Gasteiger partial charge on any atom is 0.224 e. The number of amides is 1. The van der Waals surface area contributed by atoms with E-state index in [1.807, 2.05) is 56.3 Å². The normalized spacial score (nSPS) is 30.4. The Bertz CT molecular complexity index is 1210. The number of aryl methyl sites for hydroxylation is 2. The summed E-state index contributed by atoms with van der Waals surface area (Å²) in [4.78, 5) is 12.7. The molecule has 3 aromatic rings. The van der Waals surface area contributed by atoms with Crippen molar-refractivity contribution in [3.8, 4) is 11.5 Å². The van der Waals surface area contributed by atoms with E-state index in [9.17, 15) is 20.1 Å². The van der Waals surface area contributed by atoms with E-state index in [4.69, 9.17) is 10.5 Å². The van der Waals surface area contributed by atoms with Crippen LogP contribution in [0.3, 0.4) is 0 Å². The first-order valence-electron chi connectivity index (χ1n) is 10.6. The van der Waals surface area contributed by atoms with E-state index >= 15 is 0 Å². The van der Waals surface area contributed by atoms with Gasteiger partial charge in [0, 0.05) is 11.5 Å². The molecule has 5 rings (SSSR count). The summed E-state index contributed by atoms with van der Waals surface area (Å²) in [6.45, 7) is 3.78. The fourth-order valence-electron chi connectivity index (χ4n) is 5.89. The number of nitrogens with two attached hydrogens (primary N) is 1. The van der Waals surface area contributed by atoms with Crippen LogP contribution in [0.25, 0.3) is 0 Å². The van der Waals surface area contributed by atoms with Crippen molar-refractivity contribution in [1.29, 1.82) is 0 Å². The van der Waals surface area contributed by atoms with Crippen LogP contribution >= 0.6 is 0 Å². The number of aliphatic hydroxyl groups is 2. The molecule has 164 valence electrons. The molecule has 5 atom stereocenters. The van der Waals surface area contributed by atoms with Crippen molar-refractivity contribution < 1.29 is 24.9 Å². The zero-order valence-electron chi connectivity index (χ0n) is 17.8. The molecule has 2 aliphatic rings. The molecular formula is C26H25NO5. The number of primary amides is 1. The van der Waals surface area contributed by atoms with Gasteiger partial charge in [0.2, 0.25) is 5.91 Å². The largest absolute Gasteiger partial charge is 0.508 e. The highest BCUT2D eigenvalue weighted by molar-refractivity contribution is 5.81. The lowest BCUT2D eigenvalue weighted by Crippen LogP contribution is -2.52. The van der Waals surface area contributed by atoms with Crippen molar-refractivity contribution >= 4 is 5.91 Å². The maximum atomic E-state index is 12.7. The standard InChI is InChI=1S/C26H25NO5/c1-14-12-15(2)21-19(13-14)32-26(17-8-10-18(28)11-9-17)22(16-6-4-3-5-7-16)20(24(27)30)23(29)25(21,26)31/h3-13,20,22-23,28-29,31H,1-2H3,(H2,27,30)/t20-,22-,23-,25+,26+/m0/s1. The average molecular weight is 431 g/mol. The quantitative estimate of drug-likeness (QED) is 0.509. The molecule has 1 fully saturated rings. The van der Waals surface area contributed by atoms with Gasteiger partial charge in [0.05, 0.1) is 5.92 Å². The van der Waals surface area contributed by atoms with Crippen LogP contribution < -0.4 is 10.5 Å². The Morgan fingerprint density at radius 3 is 2.31 bits per heavy atom. The molecule has 1 amide bonds. The van der Waals surface area contributed by atoms with Gasteiger partial charge in [-0.15, -0.1) is 0 Å². The fourth-order valence-corrected chi connectivity index (χ4v) is 5.89. The van der Waals surface area contributed by atoms with E-state index in [-0.39, 0.29) is 5.75 Å². The highest BCUT2D eigenvalue weighted by atomic mass is 16.5. The van der Waals surface area contributed by atoms with E-state index < -0.39 is 35.0 Å². The zero-order valence-corrected chi connectivity index (χ0v) is 17.8. The molecule has 5 N–H and O–H groups in total. The summed E-state index contributed by atoms with van der Waals surface area (Å²) in [5, 5.41) is 33.9. The van der Waals surface area contributed by atoms with Gasteiger partial charge in [-0.05, 0) is 54.3 Å². The number of phenols is 1. The molecule has 32 heavy (non-hydrogen) atoms. The second-order valence-corrected chi connectivity index (χ2v) is 8.87. The summed E-state index contributed by atoms with van der Waals surface area (Å²) in [6, 6.07) is 19.2. The predicted octanol–water partition coefficient (Wildman–Crippen LogP) is 2.74. The van der Waals surface area contributed by atoms with Crippen molar-refractivity contribution in [3.05, 3.63) is 94.5 Å². The Balaban J connectivity index is 1.90. The first-order chi connectivity index (χ1) is 15.2. The Kier molecular flexibility index (Phi) is 4.38. The second-order valence-electron chi connectivity index (χ2n) is 8.87. The van der Waals surface area contributed by atoms with Gasteiger partial charge in [0.1, 0.15) is 17.6 Å². The number of fused-ring (bicyclic) bond motifs is 3. The number of ether oxygens (including phenoxy) is 1. The maximum absolute atomic E-state index is 12.7. The third-order valence-electron chi connectivity index (χ3n) is 7.01. The van der Waals surface area contributed by atoms with Crippen LogP contribution in [-0.4, -0.2) is 27.3 Å². The van der Waals surface area contributed by atoms with E-state index in [1.54, 1.807) is 12.1 Å². The number of aromatic hydroxyl groups is 1. The van der Waals surface area contributed by atoms with E-state index in [2.05, 4.69) is 0 Å². The van der Waals surface area contributed by atoms with Gasteiger partial charge in [0.25, 0.3) is 0 Å². The third kappa shape index (κ3) is 2.45. The Labute approximate surface area is 185 Å². The highest BCUT2D eigenvalue weighted by Crippen LogP contribution is 2.68. The van der Waals surface area contributed by atoms with Crippen LogP contribution in [0, 0.1) is 19.8 Å². The molecular weight excluding hydrogens is 406 g/mol. The molecule has 0 spiro atoms. The van der Waals surface area contributed by atoms with Gasteiger partial charge in [-0.2, -0.15) is 0 Å². The van der Waals surface area contributed by atoms with E-state index in [0.29, 0.717) is 22.4 Å². The lowest BCUT2D eigenvalue weighted by molar-refractivity contribution is -0.153. The average Bonchev–Trinajstić information content (AvgIpc) is 3.12. The highest BCUT2D eigenvalue weighted by Gasteiger charge is 2.77. The summed E-state index contributed by atoms with van der Waals surface area (Å²) >= 11 is 0. The fraction of sp³-hybridized carbons (Fsp3) is 0.269. The molecule has 1 heterocycles. The molecule has 0 saturated heterocycles. The number of carbonyl (C=O) groups excluding carboxylic acids is 1. The van der Waals surface area contributed by atoms with Crippen LogP contribution in [0.15, 0.2) is 66.7 Å². The number of carbonyl (C=O) groups is 1. The molecule has 6 heteroatoms. The number of rotatable bonds is 3. The van der Waals surface area contributed by atoms with Gasteiger partial charge in [-0.3, -0.25) is 4.79 Å². The number of hydrogen-bond acceptors (Lipinski definition) is 5. The SMILES string of the molecule is Cc1cc(C)c2c(c1)O[C@]1(c3ccc(O)cc3)[C@@H](c3ccccc3)[C@H](C(N)=O)[C@H](O)[C@]21O. The number of benzene rings is 3. The van der Waals surface area contributed by atoms with E-state index in [0.717, 1.165) is 11.1 Å². The van der Waals surface area contributed by atoms with Crippen molar-refractivity contribution in [2.75, 3.05) is 0 Å². The van der Waals surface area contributed by atoms with Gasteiger partial charge < -0.3 is 25.8 Å². The van der Waals surface area contributed by atoms with Crippen molar-refractivity contribution in [3.63, 3.8) is 0 Å². The van der Waals surface area contributed by atoms with Gasteiger partial charge >= 0.3 is 0 Å². The Morgan fingerprint density at radius 2 is 1.69 bits per heavy atom. The minimum atomic E-state index is -1.95. The molecule has 0 radical (unpaired) electrons. The Morgan fingerprint density at radius 1 is 1.03 bits per heavy atom. The van der Waals surface area contributed by atoms with Crippen molar-refractivity contribution in [2.24, 2.45) is 11.7 Å². The number of hydrogen-bond donors (Lipinski definition) is 4. The summed E-state index contributed by atoms with van der Waals surface area (Å²) in [5.41, 5.74) is 5.72. The first kappa shape index (κ1) is 20.5. The molecule has 0 aromatic heterocycles. The zero-order chi connectivity index (χ0) is 22.8. The third-order valence-corrected chi connectivity index (χ3v) is 7.01. The van der Waals surface area contributed by atoms with Crippen molar-refractivity contribution in [2.45, 2.75) is 37.1 Å². The molecule has 3 aromatic carbocycles. The van der Waals surface area contributed by atoms with Crippen LogP contribution in [0.4, 0.5) is 0 Å². The molecule has 1 saturated carbocycles. The monoisotopic (exact) mass is 431 g/mol. The lowest BCUT2D eigenvalue weighted by Gasteiger charge is -2.41. The molecule has 0 bridgehead atoms. The molecule has 0 unspecified atom stereocenters. The second kappa shape index (κ2) is 6.82. The van der Waals surface area contributed by atoms with Crippen LogP contribution in [0.1, 0.15) is 33.7 Å². The minimum Gasteiger partial charge on any atom is -0.508 e. The minimum absolute atomic E-state index is 0.0532. The molecule has 1 aliphatic carbocycles.